The van der Waals surface area contributed by atoms with Crippen LogP contribution in [0.2, 0.25) is 0 Å². The number of amides is 1. The maximum absolute atomic E-state index is 12.4. The van der Waals surface area contributed by atoms with Crippen molar-refractivity contribution >= 4 is 23.2 Å². The molecule has 0 radical (unpaired) electrons. The van der Waals surface area contributed by atoms with Gasteiger partial charge >= 0.3 is 5.97 Å². The van der Waals surface area contributed by atoms with Gasteiger partial charge in [-0.05, 0) is 19.1 Å². The minimum absolute atomic E-state index is 0.123. The number of aryl methyl sites for hydroxylation is 1. The fourth-order valence-corrected chi connectivity index (χ4v) is 3.04. The van der Waals surface area contributed by atoms with Gasteiger partial charge in [0.2, 0.25) is 0 Å². The van der Waals surface area contributed by atoms with Crippen molar-refractivity contribution in [1.29, 1.82) is 0 Å². The van der Waals surface area contributed by atoms with Crippen LogP contribution in [-0.2, 0) is 9.53 Å². The van der Waals surface area contributed by atoms with Gasteiger partial charge in [-0.3, -0.25) is 9.59 Å². The molecule has 0 spiro atoms. The minimum Gasteiger partial charge on any atom is -0.469 e. The topological polar surface area (TPSA) is 59.5 Å². The molecule has 0 aliphatic rings. The monoisotopic (exact) mass is 332 g/mol. The van der Waals surface area contributed by atoms with Gasteiger partial charge in [-0.15, -0.1) is 11.3 Å². The smallest absolute Gasteiger partial charge is 0.310 e. The van der Waals surface area contributed by atoms with Crippen molar-refractivity contribution in [3.8, 4) is 10.6 Å². The zero-order valence-corrected chi connectivity index (χ0v) is 14.5. The molecule has 1 amide bonds. The molecule has 0 unspecified atom stereocenters. The summed E-state index contributed by atoms with van der Waals surface area (Å²) in [5.41, 5.74) is 2.56. The molecule has 0 fully saturated rings. The van der Waals surface area contributed by atoms with E-state index in [2.05, 4.69) is 9.72 Å². The van der Waals surface area contributed by atoms with E-state index in [1.54, 1.807) is 37.4 Å². The Morgan fingerprint density at radius 2 is 1.96 bits per heavy atom. The van der Waals surface area contributed by atoms with E-state index in [0.29, 0.717) is 12.1 Å². The zero-order chi connectivity index (χ0) is 17.0. The maximum Gasteiger partial charge on any atom is 0.310 e. The number of benzene rings is 1. The van der Waals surface area contributed by atoms with Crippen LogP contribution in [0, 0.1) is 12.8 Å². The summed E-state index contributed by atoms with van der Waals surface area (Å²) in [7, 11) is 3.03. The Labute approximate surface area is 139 Å². The van der Waals surface area contributed by atoms with E-state index in [-0.39, 0.29) is 17.8 Å². The molecule has 2 aromatic rings. The van der Waals surface area contributed by atoms with E-state index in [0.717, 1.165) is 16.3 Å². The summed E-state index contributed by atoms with van der Waals surface area (Å²) in [5.74, 6) is -0.798. The first kappa shape index (κ1) is 17.1. The van der Waals surface area contributed by atoms with Gasteiger partial charge in [-0.1, -0.05) is 19.1 Å². The fraction of sp³-hybridized carbons (Fsp3) is 0.353. The number of methoxy groups -OCH3 is 1. The number of nitrogens with zero attached hydrogens (tertiary/aromatic N) is 2. The molecule has 23 heavy (non-hydrogen) atoms. The Kier molecular flexibility index (Phi) is 5.50. The first-order valence-electron chi connectivity index (χ1n) is 7.28. The fourth-order valence-electron chi connectivity index (χ4n) is 2.23. The average molecular weight is 332 g/mol. The van der Waals surface area contributed by atoms with E-state index in [9.17, 15) is 9.59 Å². The van der Waals surface area contributed by atoms with Crippen LogP contribution in [-0.4, -0.2) is 42.5 Å². The highest BCUT2D eigenvalue weighted by Crippen LogP contribution is 2.24. The SMILES string of the molecule is COC(=O)[C@@H](C)CN(C)C(=O)c1ccc(-c2nc(C)cs2)cc1. The predicted molar refractivity (Wildman–Crippen MR) is 90.4 cm³/mol. The summed E-state index contributed by atoms with van der Waals surface area (Å²) < 4.78 is 4.68. The molecule has 1 aromatic carbocycles. The summed E-state index contributed by atoms with van der Waals surface area (Å²) in [6.45, 7) is 4.01. The van der Waals surface area contributed by atoms with Crippen LogP contribution in [0.4, 0.5) is 0 Å². The number of ether oxygens (including phenoxy) is 1. The summed E-state index contributed by atoms with van der Waals surface area (Å²) in [6, 6.07) is 7.35. The zero-order valence-electron chi connectivity index (χ0n) is 13.7. The molecule has 0 aliphatic carbocycles. The number of carbonyl (C=O) groups excluding carboxylic acids is 2. The molecule has 1 aromatic heterocycles. The third-order valence-corrected chi connectivity index (χ3v) is 4.50. The van der Waals surface area contributed by atoms with Crippen LogP contribution in [0.15, 0.2) is 29.6 Å². The van der Waals surface area contributed by atoms with Gasteiger partial charge in [0, 0.05) is 35.8 Å². The first-order chi connectivity index (χ1) is 10.9. The maximum atomic E-state index is 12.4. The molecule has 0 N–H and O–H groups in total. The summed E-state index contributed by atoms with van der Waals surface area (Å²) in [4.78, 5) is 29.8. The third kappa shape index (κ3) is 4.16. The number of hydrogen-bond donors (Lipinski definition) is 0. The van der Waals surface area contributed by atoms with Crippen molar-refractivity contribution < 1.29 is 14.3 Å². The van der Waals surface area contributed by atoms with Crippen molar-refractivity contribution in [3.63, 3.8) is 0 Å². The summed E-state index contributed by atoms with van der Waals surface area (Å²) in [5, 5.41) is 2.94. The third-order valence-electron chi connectivity index (χ3n) is 3.50. The van der Waals surface area contributed by atoms with Crippen LogP contribution < -0.4 is 0 Å². The molecule has 1 heterocycles. The number of rotatable bonds is 5. The molecule has 0 aliphatic heterocycles. The second kappa shape index (κ2) is 7.37. The number of esters is 1. The molecule has 122 valence electrons. The average Bonchev–Trinajstić information content (AvgIpc) is 2.99. The number of thiazole rings is 1. The van der Waals surface area contributed by atoms with Gasteiger partial charge in [-0.2, -0.15) is 0 Å². The summed E-state index contributed by atoms with van der Waals surface area (Å²) in [6.07, 6.45) is 0. The highest BCUT2D eigenvalue weighted by Gasteiger charge is 2.19. The Morgan fingerprint density at radius 3 is 2.48 bits per heavy atom. The quantitative estimate of drug-likeness (QED) is 0.790. The van der Waals surface area contributed by atoms with Crippen LogP contribution in [0.25, 0.3) is 10.6 Å². The lowest BCUT2D eigenvalue weighted by atomic mass is 10.1. The van der Waals surface area contributed by atoms with E-state index in [1.165, 1.54) is 12.0 Å². The van der Waals surface area contributed by atoms with Crippen LogP contribution >= 0.6 is 11.3 Å². The molecule has 6 heteroatoms. The Hall–Kier alpha value is -2.21. The molecule has 0 saturated heterocycles. The van der Waals surface area contributed by atoms with Gasteiger partial charge in [0.1, 0.15) is 5.01 Å². The molecule has 2 rings (SSSR count). The van der Waals surface area contributed by atoms with Gasteiger partial charge in [0.25, 0.3) is 5.91 Å². The largest absolute Gasteiger partial charge is 0.469 e. The molecular formula is C17H20N2O3S. The standard InChI is InChI=1S/C17H20N2O3S/c1-11(17(21)22-4)9-19(3)16(20)14-7-5-13(6-8-14)15-18-12(2)10-23-15/h5-8,10-11H,9H2,1-4H3/t11-/m0/s1. The molecule has 0 bridgehead atoms. The Morgan fingerprint density at radius 1 is 1.30 bits per heavy atom. The number of hydrogen-bond acceptors (Lipinski definition) is 5. The number of carbonyl (C=O) groups is 2. The van der Waals surface area contributed by atoms with E-state index >= 15 is 0 Å². The van der Waals surface area contributed by atoms with Gasteiger partial charge in [-0.25, -0.2) is 4.98 Å². The molecule has 0 saturated carbocycles. The Bertz CT molecular complexity index is 694. The normalized spacial score (nSPS) is 11.8. The van der Waals surface area contributed by atoms with E-state index in [1.807, 2.05) is 24.4 Å². The van der Waals surface area contributed by atoms with Crippen molar-refractivity contribution in [2.75, 3.05) is 20.7 Å². The Balaban J connectivity index is 2.06. The van der Waals surface area contributed by atoms with Crippen molar-refractivity contribution in [2.45, 2.75) is 13.8 Å². The molecular weight excluding hydrogens is 312 g/mol. The van der Waals surface area contributed by atoms with Gasteiger partial charge in [0.05, 0.1) is 13.0 Å². The van der Waals surface area contributed by atoms with Crippen LogP contribution in [0.5, 0.6) is 0 Å². The lowest BCUT2D eigenvalue weighted by Crippen LogP contribution is -2.34. The second-order valence-electron chi connectivity index (χ2n) is 5.48. The number of aromatic nitrogens is 1. The molecule has 5 nitrogen and oxygen atoms in total. The minimum atomic E-state index is -0.355. The van der Waals surface area contributed by atoms with Crippen molar-refractivity contribution in [2.24, 2.45) is 5.92 Å². The predicted octanol–water partition coefficient (Wildman–Crippen LogP) is 3.00. The van der Waals surface area contributed by atoms with Crippen LogP contribution in [0.3, 0.4) is 0 Å². The van der Waals surface area contributed by atoms with Crippen molar-refractivity contribution in [1.82, 2.24) is 9.88 Å². The highest BCUT2D eigenvalue weighted by atomic mass is 32.1. The van der Waals surface area contributed by atoms with E-state index in [4.69, 9.17) is 0 Å². The molecule has 1 atom stereocenters. The van der Waals surface area contributed by atoms with Gasteiger partial charge in [0.15, 0.2) is 0 Å². The highest BCUT2D eigenvalue weighted by molar-refractivity contribution is 7.13. The second-order valence-corrected chi connectivity index (χ2v) is 6.34. The lowest BCUT2D eigenvalue weighted by Gasteiger charge is -2.20. The summed E-state index contributed by atoms with van der Waals surface area (Å²) >= 11 is 1.58. The first-order valence-corrected chi connectivity index (χ1v) is 8.16. The van der Waals surface area contributed by atoms with Gasteiger partial charge < -0.3 is 9.64 Å². The van der Waals surface area contributed by atoms with Crippen molar-refractivity contribution in [3.05, 3.63) is 40.9 Å². The van der Waals surface area contributed by atoms with Crippen LogP contribution in [0.1, 0.15) is 23.0 Å². The van der Waals surface area contributed by atoms with E-state index < -0.39 is 0 Å². The lowest BCUT2D eigenvalue weighted by molar-refractivity contribution is -0.145.